The minimum absolute atomic E-state index is 0. The molecule has 0 aliphatic carbocycles. The van der Waals surface area contributed by atoms with Gasteiger partial charge in [-0.2, -0.15) is 0 Å². The van der Waals surface area contributed by atoms with E-state index in [1.54, 1.807) is 0 Å². The molecule has 0 aromatic heterocycles. The monoisotopic (exact) mass is 475 g/mol. The molecular formula is C9H21NiO12S3. The first-order chi connectivity index (χ1) is 10.2. The van der Waals surface area contributed by atoms with Crippen molar-refractivity contribution in [3.8, 4) is 0 Å². The standard InChI is InChI=1S/3C3H8O4S.Ni/c3*1-3(4)2-8(5,6)7;/h3*3-4H,2H2,1H3,(H,5,6,7);/q;;;+3/p-3. The second kappa shape index (κ2) is 14.2. The Balaban J connectivity index is -0.000000130. The quantitative estimate of drug-likeness (QED) is 0.253. The second-order valence-electron chi connectivity index (χ2n) is 4.72. The Labute approximate surface area is 157 Å². The van der Waals surface area contributed by atoms with Crippen LogP contribution in [0.5, 0.6) is 0 Å². The molecule has 0 saturated heterocycles. The number of aliphatic hydroxyl groups excluding tert-OH is 3. The van der Waals surface area contributed by atoms with E-state index in [1.807, 2.05) is 0 Å². The summed E-state index contributed by atoms with van der Waals surface area (Å²) in [4.78, 5) is 0. The van der Waals surface area contributed by atoms with E-state index in [0.717, 1.165) is 0 Å². The molecule has 0 bridgehead atoms. The van der Waals surface area contributed by atoms with E-state index in [2.05, 4.69) is 0 Å². The molecular weight excluding hydrogens is 455 g/mol. The molecule has 0 fully saturated rings. The van der Waals surface area contributed by atoms with E-state index in [-0.39, 0.29) is 16.5 Å². The summed E-state index contributed by atoms with van der Waals surface area (Å²) in [5.41, 5.74) is 0. The average Bonchev–Trinajstić information content (AvgIpc) is 2.04. The fraction of sp³-hybridized carbons (Fsp3) is 1.00. The van der Waals surface area contributed by atoms with E-state index >= 15 is 0 Å². The first kappa shape index (κ1) is 32.7. The second-order valence-corrected chi connectivity index (χ2v) is 9.07. The predicted molar refractivity (Wildman–Crippen MR) is 78.7 cm³/mol. The summed E-state index contributed by atoms with van der Waals surface area (Å²) in [7, 11) is -12.7. The maximum Gasteiger partial charge on any atom is 3.00 e. The number of hydrogen-bond donors (Lipinski definition) is 3. The van der Waals surface area contributed by atoms with Crippen LogP contribution in [0, 0.1) is 0 Å². The van der Waals surface area contributed by atoms with Gasteiger partial charge in [-0.25, -0.2) is 25.3 Å². The topological polar surface area (TPSA) is 232 Å². The molecule has 16 heteroatoms. The van der Waals surface area contributed by atoms with Gasteiger partial charge >= 0.3 is 16.5 Å². The molecule has 25 heavy (non-hydrogen) atoms. The third-order valence-electron chi connectivity index (χ3n) is 1.34. The summed E-state index contributed by atoms with van der Waals surface area (Å²) in [5, 5.41) is 24.9. The van der Waals surface area contributed by atoms with Crippen molar-refractivity contribution in [3.05, 3.63) is 0 Å². The van der Waals surface area contributed by atoms with Crippen LogP contribution in [0.3, 0.4) is 0 Å². The Morgan fingerprint density at radius 3 is 0.720 bits per heavy atom. The Morgan fingerprint density at radius 1 is 0.600 bits per heavy atom. The van der Waals surface area contributed by atoms with Gasteiger partial charge in [0.1, 0.15) is 0 Å². The summed E-state index contributed by atoms with van der Waals surface area (Å²) in [6.45, 7) is 3.74. The van der Waals surface area contributed by atoms with Crippen molar-refractivity contribution < 1.29 is 70.7 Å². The van der Waals surface area contributed by atoms with Gasteiger partial charge in [-0.15, -0.1) is 0 Å². The normalized spacial score (nSPS) is 15.2. The first-order valence-electron chi connectivity index (χ1n) is 6.10. The van der Waals surface area contributed by atoms with E-state index < -0.39 is 65.9 Å². The van der Waals surface area contributed by atoms with Crippen LogP contribution in [0.1, 0.15) is 20.8 Å². The van der Waals surface area contributed by atoms with Gasteiger partial charge in [-0.3, -0.25) is 0 Å². The molecule has 0 aliphatic heterocycles. The summed E-state index contributed by atoms with van der Waals surface area (Å²) >= 11 is 0. The molecule has 3 atom stereocenters. The summed E-state index contributed by atoms with van der Waals surface area (Å²) in [6, 6.07) is 0. The molecule has 0 heterocycles. The van der Waals surface area contributed by atoms with Crippen LogP contribution in [0.4, 0.5) is 0 Å². The summed E-state index contributed by atoms with van der Waals surface area (Å²) in [5.74, 6) is -2.10. The van der Waals surface area contributed by atoms with Crippen molar-refractivity contribution in [1.82, 2.24) is 0 Å². The van der Waals surface area contributed by atoms with Crippen molar-refractivity contribution in [2.24, 2.45) is 0 Å². The fourth-order valence-electron chi connectivity index (χ4n) is 0.886. The Kier molecular flexibility index (Phi) is 18.6. The Hall–Kier alpha value is 0.104. The minimum Gasteiger partial charge on any atom is -0.748 e. The molecule has 0 aliphatic rings. The molecule has 0 rings (SSSR count). The first-order valence-corrected chi connectivity index (χ1v) is 10.8. The smallest absolute Gasteiger partial charge is 0.748 e. The number of hydrogen-bond acceptors (Lipinski definition) is 12. The van der Waals surface area contributed by atoms with Crippen molar-refractivity contribution in [2.75, 3.05) is 17.3 Å². The number of rotatable bonds is 6. The van der Waals surface area contributed by atoms with Crippen LogP contribution in [-0.2, 0) is 46.8 Å². The van der Waals surface area contributed by atoms with Gasteiger partial charge in [-0.05, 0) is 20.8 Å². The largest absolute Gasteiger partial charge is 3.00 e. The van der Waals surface area contributed by atoms with Crippen molar-refractivity contribution in [1.29, 1.82) is 0 Å². The molecule has 0 aromatic rings. The van der Waals surface area contributed by atoms with E-state index in [4.69, 9.17) is 15.3 Å². The molecule has 157 valence electrons. The van der Waals surface area contributed by atoms with E-state index in [1.165, 1.54) is 20.8 Å². The molecule has 0 aromatic carbocycles. The van der Waals surface area contributed by atoms with E-state index in [9.17, 15) is 38.9 Å². The average molecular weight is 476 g/mol. The number of aliphatic hydroxyl groups is 3. The van der Waals surface area contributed by atoms with Gasteiger partial charge in [0.05, 0.1) is 65.9 Å². The zero-order chi connectivity index (χ0) is 20.4. The van der Waals surface area contributed by atoms with Crippen molar-refractivity contribution in [2.45, 2.75) is 39.1 Å². The van der Waals surface area contributed by atoms with Crippen molar-refractivity contribution >= 4 is 30.4 Å². The molecule has 0 saturated carbocycles. The maximum atomic E-state index is 9.73. The molecule has 0 spiro atoms. The van der Waals surface area contributed by atoms with Gasteiger partial charge in [-0.1, -0.05) is 0 Å². The van der Waals surface area contributed by atoms with Crippen LogP contribution in [0.25, 0.3) is 0 Å². The van der Waals surface area contributed by atoms with Crippen LogP contribution in [0.15, 0.2) is 0 Å². The van der Waals surface area contributed by atoms with Crippen LogP contribution < -0.4 is 0 Å². The van der Waals surface area contributed by atoms with Gasteiger partial charge in [0.2, 0.25) is 0 Å². The van der Waals surface area contributed by atoms with Gasteiger partial charge in [0.15, 0.2) is 0 Å². The van der Waals surface area contributed by atoms with E-state index in [0.29, 0.717) is 0 Å². The molecule has 1 radical (unpaired) electrons. The maximum absolute atomic E-state index is 9.73. The van der Waals surface area contributed by atoms with Crippen molar-refractivity contribution in [3.63, 3.8) is 0 Å². The van der Waals surface area contributed by atoms with Gasteiger partial charge in [0.25, 0.3) is 0 Å². The minimum atomic E-state index is -4.22. The van der Waals surface area contributed by atoms with Gasteiger partial charge in [0, 0.05) is 0 Å². The van der Waals surface area contributed by atoms with Crippen LogP contribution in [-0.4, -0.2) is 89.8 Å². The predicted octanol–water partition coefficient (Wildman–Crippen LogP) is -3.27. The SMILES string of the molecule is CC(O)CS(=O)(=O)[O-].CC(O)CS(=O)(=O)[O-].CC(O)CS(=O)(=O)[O-].[Ni+3]. The summed E-state index contributed by atoms with van der Waals surface area (Å²) < 4.78 is 87.5. The third kappa shape index (κ3) is 51.6. The molecule has 3 unspecified atom stereocenters. The molecule has 3 N–H and O–H groups in total. The molecule has 12 nitrogen and oxygen atoms in total. The zero-order valence-corrected chi connectivity index (χ0v) is 16.8. The fourth-order valence-corrected chi connectivity index (χ4v) is 2.66. The third-order valence-corrected chi connectivity index (χ3v) is 4.01. The Morgan fingerprint density at radius 2 is 0.720 bits per heavy atom. The van der Waals surface area contributed by atoms with Crippen LogP contribution >= 0.6 is 0 Å². The Bertz CT molecular complexity index is 530. The van der Waals surface area contributed by atoms with Gasteiger partial charge < -0.3 is 29.0 Å². The molecule has 0 amide bonds. The van der Waals surface area contributed by atoms with Crippen LogP contribution in [0.2, 0.25) is 0 Å². The zero-order valence-electron chi connectivity index (χ0n) is 13.4. The summed E-state index contributed by atoms with van der Waals surface area (Å²) in [6.07, 6.45) is -3.17.